The van der Waals surface area contributed by atoms with Gasteiger partial charge in [-0.2, -0.15) is 0 Å². The zero-order valence-corrected chi connectivity index (χ0v) is 12.7. The number of carbonyl (C=O) groups is 2. The summed E-state index contributed by atoms with van der Waals surface area (Å²) in [4.78, 5) is 25.8. The predicted octanol–water partition coefficient (Wildman–Crippen LogP) is 2.67. The van der Waals surface area contributed by atoms with Crippen LogP contribution in [0.4, 0.5) is 10.1 Å². The molecule has 0 aromatic heterocycles. The van der Waals surface area contributed by atoms with Crippen molar-refractivity contribution in [2.45, 2.75) is 26.7 Å². The van der Waals surface area contributed by atoms with Gasteiger partial charge in [0.2, 0.25) is 5.91 Å². The van der Waals surface area contributed by atoms with Gasteiger partial charge in [0.1, 0.15) is 5.82 Å². The van der Waals surface area contributed by atoms with Crippen LogP contribution < -0.4 is 5.32 Å². The van der Waals surface area contributed by atoms with E-state index in [-0.39, 0.29) is 17.4 Å². The maximum atomic E-state index is 14.0. The molecule has 0 fully saturated rings. The van der Waals surface area contributed by atoms with E-state index in [1.54, 1.807) is 13.1 Å². The van der Waals surface area contributed by atoms with Gasteiger partial charge in [-0.15, -0.1) is 0 Å². The maximum Gasteiger partial charge on any atom is 0.221 e. The summed E-state index contributed by atoms with van der Waals surface area (Å²) in [6, 6.07) is 1.23. The summed E-state index contributed by atoms with van der Waals surface area (Å²) in [5.41, 5.74) is 2.53. The highest BCUT2D eigenvalue weighted by molar-refractivity contribution is 6.15. The standard InChI is InChI=1S/C16H19FN2O2/c1-9-12-6-5-11(8-19(3)4)16(21)15(12)14(7-13(9)17)18-10(2)20/h7-8H,5-6H2,1-4H3,(H,18,20). The molecular weight excluding hydrogens is 271 g/mol. The van der Waals surface area contributed by atoms with E-state index >= 15 is 0 Å². The number of nitrogens with zero attached hydrogens (tertiary/aromatic N) is 1. The van der Waals surface area contributed by atoms with Crippen LogP contribution in [0.25, 0.3) is 0 Å². The minimum absolute atomic E-state index is 0.142. The van der Waals surface area contributed by atoms with Crippen molar-refractivity contribution in [2.24, 2.45) is 0 Å². The van der Waals surface area contributed by atoms with Gasteiger partial charge in [-0.3, -0.25) is 9.59 Å². The zero-order valence-electron chi connectivity index (χ0n) is 12.7. The normalized spacial score (nSPS) is 15.9. The van der Waals surface area contributed by atoms with E-state index in [0.717, 1.165) is 0 Å². The first-order valence-electron chi connectivity index (χ1n) is 6.82. The lowest BCUT2D eigenvalue weighted by Crippen LogP contribution is -2.22. The van der Waals surface area contributed by atoms with Crippen molar-refractivity contribution >= 4 is 17.4 Å². The fraction of sp³-hybridized carbons (Fsp3) is 0.375. The van der Waals surface area contributed by atoms with Crippen LogP contribution in [0.1, 0.15) is 34.8 Å². The SMILES string of the molecule is CC(=O)Nc1cc(F)c(C)c2c1C(=O)C(=CN(C)C)CC2. The number of ketones is 1. The highest BCUT2D eigenvalue weighted by Gasteiger charge is 2.28. The minimum Gasteiger partial charge on any atom is -0.383 e. The molecule has 1 N–H and O–H groups in total. The number of anilines is 1. The average Bonchev–Trinajstić information content (AvgIpc) is 2.37. The van der Waals surface area contributed by atoms with E-state index < -0.39 is 5.82 Å². The number of fused-ring (bicyclic) bond motifs is 1. The van der Waals surface area contributed by atoms with Crippen molar-refractivity contribution in [3.63, 3.8) is 0 Å². The average molecular weight is 290 g/mol. The highest BCUT2D eigenvalue weighted by atomic mass is 19.1. The van der Waals surface area contributed by atoms with Crippen LogP contribution in [0.2, 0.25) is 0 Å². The van der Waals surface area contributed by atoms with Gasteiger partial charge in [-0.1, -0.05) is 0 Å². The van der Waals surface area contributed by atoms with Gasteiger partial charge < -0.3 is 10.2 Å². The van der Waals surface area contributed by atoms with E-state index in [4.69, 9.17) is 0 Å². The van der Waals surface area contributed by atoms with Gasteiger partial charge in [0.05, 0.1) is 5.69 Å². The molecule has 0 bridgehead atoms. The van der Waals surface area contributed by atoms with Gasteiger partial charge >= 0.3 is 0 Å². The molecule has 1 aliphatic carbocycles. The Morgan fingerprint density at radius 2 is 2.05 bits per heavy atom. The van der Waals surface area contributed by atoms with Crippen molar-refractivity contribution in [3.05, 3.63) is 40.3 Å². The quantitative estimate of drug-likeness (QED) is 0.852. The number of Topliss-reactive ketones (excluding diaryl/α,β-unsaturated/α-hetero) is 1. The number of benzene rings is 1. The van der Waals surface area contributed by atoms with Crippen molar-refractivity contribution in [3.8, 4) is 0 Å². The fourth-order valence-electron chi connectivity index (χ4n) is 2.63. The highest BCUT2D eigenvalue weighted by Crippen LogP contribution is 2.34. The van der Waals surface area contributed by atoms with E-state index in [2.05, 4.69) is 5.32 Å². The first-order chi connectivity index (χ1) is 9.81. The lowest BCUT2D eigenvalue weighted by Gasteiger charge is -2.24. The molecule has 0 saturated carbocycles. The summed E-state index contributed by atoms with van der Waals surface area (Å²) in [5.74, 6) is -0.862. The largest absolute Gasteiger partial charge is 0.383 e. The lowest BCUT2D eigenvalue weighted by molar-refractivity contribution is -0.114. The van der Waals surface area contributed by atoms with Crippen LogP contribution in [0.15, 0.2) is 17.8 Å². The van der Waals surface area contributed by atoms with Crippen molar-refractivity contribution in [2.75, 3.05) is 19.4 Å². The third-order valence-corrected chi connectivity index (χ3v) is 3.54. The molecule has 0 spiro atoms. The minimum atomic E-state index is -0.398. The Morgan fingerprint density at radius 3 is 2.62 bits per heavy atom. The third-order valence-electron chi connectivity index (χ3n) is 3.54. The molecule has 2 rings (SSSR count). The summed E-state index contributed by atoms with van der Waals surface area (Å²) in [5, 5.41) is 2.56. The Morgan fingerprint density at radius 1 is 1.38 bits per heavy atom. The first kappa shape index (κ1) is 15.2. The first-order valence-corrected chi connectivity index (χ1v) is 6.82. The Bertz CT molecular complexity index is 648. The summed E-state index contributed by atoms with van der Waals surface area (Å²) in [6.45, 7) is 3.01. The second-order valence-corrected chi connectivity index (χ2v) is 5.51. The topological polar surface area (TPSA) is 49.4 Å². The van der Waals surface area contributed by atoms with Crippen LogP contribution >= 0.6 is 0 Å². The van der Waals surface area contributed by atoms with Gasteiger partial charge in [0.15, 0.2) is 5.78 Å². The Labute approximate surface area is 123 Å². The smallest absolute Gasteiger partial charge is 0.221 e. The molecule has 0 atom stereocenters. The molecule has 0 unspecified atom stereocenters. The van der Waals surface area contributed by atoms with Crippen LogP contribution in [0, 0.1) is 12.7 Å². The number of hydrogen-bond acceptors (Lipinski definition) is 3. The van der Waals surface area contributed by atoms with E-state index in [9.17, 15) is 14.0 Å². The van der Waals surface area contributed by atoms with Gasteiger partial charge in [-0.25, -0.2) is 4.39 Å². The summed E-state index contributed by atoms with van der Waals surface area (Å²) in [7, 11) is 3.70. The van der Waals surface area contributed by atoms with Crippen molar-refractivity contribution in [1.82, 2.24) is 4.90 Å². The lowest BCUT2D eigenvalue weighted by atomic mass is 9.83. The molecule has 21 heavy (non-hydrogen) atoms. The number of rotatable bonds is 2. The molecule has 1 amide bonds. The van der Waals surface area contributed by atoms with Gasteiger partial charge in [-0.05, 0) is 37.0 Å². The fourth-order valence-corrected chi connectivity index (χ4v) is 2.63. The molecule has 0 radical (unpaired) electrons. The molecular formula is C16H19FN2O2. The van der Waals surface area contributed by atoms with Crippen LogP contribution in [-0.2, 0) is 11.2 Å². The van der Waals surface area contributed by atoms with E-state index in [1.165, 1.54) is 13.0 Å². The monoisotopic (exact) mass is 290 g/mol. The molecule has 1 aromatic rings. The molecule has 0 aliphatic heterocycles. The number of amides is 1. The van der Waals surface area contributed by atoms with Crippen LogP contribution in [0.5, 0.6) is 0 Å². The number of carbonyl (C=O) groups excluding carboxylic acids is 2. The van der Waals surface area contributed by atoms with Crippen molar-refractivity contribution in [1.29, 1.82) is 0 Å². The van der Waals surface area contributed by atoms with Crippen LogP contribution in [0.3, 0.4) is 0 Å². The van der Waals surface area contributed by atoms with Gasteiger partial charge in [0.25, 0.3) is 0 Å². The molecule has 0 saturated heterocycles. The number of halogens is 1. The molecule has 112 valence electrons. The second-order valence-electron chi connectivity index (χ2n) is 5.51. The second kappa shape index (κ2) is 5.68. The van der Waals surface area contributed by atoms with Crippen molar-refractivity contribution < 1.29 is 14.0 Å². The zero-order chi connectivity index (χ0) is 15.7. The van der Waals surface area contributed by atoms with Gasteiger partial charge in [0, 0.05) is 38.4 Å². The molecule has 4 nitrogen and oxygen atoms in total. The Hall–Kier alpha value is -2.17. The Kier molecular flexibility index (Phi) is 4.11. The number of nitrogens with one attached hydrogen (secondary N) is 1. The molecule has 0 heterocycles. The number of hydrogen-bond donors (Lipinski definition) is 1. The predicted molar refractivity (Wildman–Crippen MR) is 79.9 cm³/mol. The molecule has 1 aromatic carbocycles. The van der Waals surface area contributed by atoms with E-state index in [0.29, 0.717) is 35.1 Å². The van der Waals surface area contributed by atoms with Crippen LogP contribution in [-0.4, -0.2) is 30.7 Å². The third kappa shape index (κ3) is 2.96. The summed E-state index contributed by atoms with van der Waals surface area (Å²) >= 11 is 0. The summed E-state index contributed by atoms with van der Waals surface area (Å²) in [6.07, 6.45) is 2.95. The van der Waals surface area contributed by atoms with E-state index in [1.807, 2.05) is 19.0 Å². The number of allylic oxidation sites excluding steroid dienone is 1. The maximum absolute atomic E-state index is 14.0. The Balaban J connectivity index is 2.61. The molecule has 1 aliphatic rings. The molecule has 5 heteroatoms. The summed E-state index contributed by atoms with van der Waals surface area (Å²) < 4.78 is 14.0.